The SMILES string of the molecule is COc1ccccc1CC(=O)NCC(C)C(N)=NO. The van der Waals surface area contributed by atoms with Crippen molar-refractivity contribution in [3.05, 3.63) is 29.8 Å². The van der Waals surface area contributed by atoms with Crippen molar-refractivity contribution in [1.82, 2.24) is 5.32 Å². The van der Waals surface area contributed by atoms with Crippen LogP contribution in [-0.2, 0) is 11.2 Å². The van der Waals surface area contributed by atoms with Crippen LogP contribution in [0.2, 0.25) is 0 Å². The molecule has 0 heterocycles. The van der Waals surface area contributed by atoms with Crippen LogP contribution < -0.4 is 15.8 Å². The topological polar surface area (TPSA) is 96.9 Å². The van der Waals surface area contributed by atoms with Crippen molar-refractivity contribution in [2.24, 2.45) is 16.8 Å². The molecule has 6 nitrogen and oxygen atoms in total. The quantitative estimate of drug-likeness (QED) is 0.306. The monoisotopic (exact) mass is 265 g/mol. The van der Waals surface area contributed by atoms with Crippen LogP contribution >= 0.6 is 0 Å². The highest BCUT2D eigenvalue weighted by Gasteiger charge is 2.11. The Labute approximate surface area is 112 Å². The molecule has 0 radical (unpaired) electrons. The molecule has 1 aromatic carbocycles. The number of benzene rings is 1. The van der Waals surface area contributed by atoms with E-state index in [9.17, 15) is 4.79 Å². The van der Waals surface area contributed by atoms with Crippen LogP contribution in [0.4, 0.5) is 0 Å². The van der Waals surface area contributed by atoms with Crippen LogP contribution in [-0.4, -0.2) is 30.6 Å². The summed E-state index contributed by atoms with van der Waals surface area (Å²) in [6.07, 6.45) is 0.229. The largest absolute Gasteiger partial charge is 0.496 e. The molecule has 1 atom stereocenters. The van der Waals surface area contributed by atoms with Gasteiger partial charge in [0.1, 0.15) is 11.6 Å². The molecule has 0 aliphatic rings. The number of ether oxygens (including phenoxy) is 1. The minimum absolute atomic E-state index is 0.0950. The number of para-hydroxylation sites is 1. The second-order valence-corrected chi connectivity index (χ2v) is 4.22. The maximum atomic E-state index is 11.8. The Morgan fingerprint density at radius 2 is 2.21 bits per heavy atom. The highest BCUT2D eigenvalue weighted by molar-refractivity contribution is 5.83. The zero-order valence-corrected chi connectivity index (χ0v) is 11.1. The number of oxime groups is 1. The molecule has 0 saturated heterocycles. The fourth-order valence-electron chi connectivity index (χ4n) is 1.55. The van der Waals surface area contributed by atoms with Gasteiger partial charge in [-0.1, -0.05) is 30.3 Å². The summed E-state index contributed by atoms with van der Waals surface area (Å²) in [6, 6.07) is 7.35. The van der Waals surface area contributed by atoms with E-state index in [-0.39, 0.29) is 24.1 Å². The van der Waals surface area contributed by atoms with Crippen molar-refractivity contribution in [1.29, 1.82) is 0 Å². The lowest BCUT2D eigenvalue weighted by molar-refractivity contribution is -0.120. The molecule has 0 aliphatic heterocycles. The molecule has 0 fully saturated rings. The molecule has 0 spiro atoms. The molecule has 6 heteroatoms. The first-order chi connectivity index (χ1) is 9.08. The van der Waals surface area contributed by atoms with Crippen LogP contribution in [0.5, 0.6) is 5.75 Å². The number of nitrogens with zero attached hydrogens (tertiary/aromatic N) is 1. The Kier molecular flexibility index (Phi) is 5.66. The fourth-order valence-corrected chi connectivity index (χ4v) is 1.55. The first-order valence-corrected chi connectivity index (χ1v) is 5.94. The lowest BCUT2D eigenvalue weighted by Crippen LogP contribution is -2.35. The van der Waals surface area contributed by atoms with Gasteiger partial charge in [0.25, 0.3) is 0 Å². The van der Waals surface area contributed by atoms with E-state index in [4.69, 9.17) is 15.7 Å². The highest BCUT2D eigenvalue weighted by Crippen LogP contribution is 2.17. The van der Waals surface area contributed by atoms with Crippen LogP contribution in [0, 0.1) is 5.92 Å². The molecule has 1 aromatic rings. The van der Waals surface area contributed by atoms with Gasteiger partial charge in [-0.3, -0.25) is 4.79 Å². The molecule has 0 saturated carbocycles. The zero-order chi connectivity index (χ0) is 14.3. The maximum Gasteiger partial charge on any atom is 0.224 e. The number of amidine groups is 1. The standard InChI is InChI=1S/C13H19N3O3/c1-9(13(14)16-18)8-15-12(17)7-10-5-3-4-6-11(10)19-2/h3-6,9,18H,7-8H2,1-2H3,(H2,14,16)(H,15,17). The first kappa shape index (κ1) is 14.8. The molecule has 0 aliphatic carbocycles. The predicted molar refractivity (Wildman–Crippen MR) is 72.3 cm³/mol. The highest BCUT2D eigenvalue weighted by atomic mass is 16.5. The van der Waals surface area contributed by atoms with Gasteiger partial charge in [0.2, 0.25) is 5.91 Å². The molecular weight excluding hydrogens is 246 g/mol. The first-order valence-electron chi connectivity index (χ1n) is 5.94. The van der Waals surface area contributed by atoms with Gasteiger partial charge in [-0.2, -0.15) is 0 Å². The number of carbonyl (C=O) groups is 1. The summed E-state index contributed by atoms with van der Waals surface area (Å²) in [5.41, 5.74) is 6.25. The average molecular weight is 265 g/mol. The minimum Gasteiger partial charge on any atom is -0.496 e. The van der Waals surface area contributed by atoms with E-state index in [1.54, 1.807) is 14.0 Å². The summed E-state index contributed by atoms with van der Waals surface area (Å²) in [5, 5.41) is 14.1. The summed E-state index contributed by atoms with van der Waals surface area (Å²) >= 11 is 0. The van der Waals surface area contributed by atoms with Gasteiger partial charge in [-0.25, -0.2) is 0 Å². The van der Waals surface area contributed by atoms with Gasteiger partial charge in [0.05, 0.1) is 13.5 Å². The predicted octanol–water partition coefficient (Wildman–Crippen LogP) is 0.736. The molecule has 1 unspecified atom stereocenters. The maximum absolute atomic E-state index is 11.8. The Morgan fingerprint density at radius 1 is 1.53 bits per heavy atom. The van der Waals surface area contributed by atoms with Gasteiger partial charge in [-0.05, 0) is 6.07 Å². The molecule has 1 amide bonds. The molecule has 104 valence electrons. The van der Waals surface area contributed by atoms with Crippen molar-refractivity contribution in [3.8, 4) is 5.75 Å². The second-order valence-electron chi connectivity index (χ2n) is 4.22. The Balaban J connectivity index is 2.52. The van der Waals surface area contributed by atoms with Crippen molar-refractivity contribution in [2.45, 2.75) is 13.3 Å². The molecule has 0 aromatic heterocycles. The van der Waals surface area contributed by atoms with Gasteiger partial charge in [0.15, 0.2) is 0 Å². The summed E-state index contributed by atoms with van der Waals surface area (Å²) in [4.78, 5) is 11.8. The molecule has 0 bridgehead atoms. The Bertz CT molecular complexity index is 460. The molecule has 19 heavy (non-hydrogen) atoms. The second kappa shape index (κ2) is 7.25. The minimum atomic E-state index is -0.216. The number of hydrogen-bond donors (Lipinski definition) is 3. The number of carbonyl (C=O) groups excluding carboxylic acids is 1. The van der Waals surface area contributed by atoms with Crippen LogP contribution in [0.25, 0.3) is 0 Å². The number of nitrogens with two attached hydrogens (primary N) is 1. The summed E-state index contributed by atoms with van der Waals surface area (Å²) in [7, 11) is 1.57. The third-order valence-electron chi connectivity index (χ3n) is 2.77. The van der Waals surface area contributed by atoms with E-state index < -0.39 is 0 Å². The van der Waals surface area contributed by atoms with Gasteiger partial charge in [0, 0.05) is 18.0 Å². The van der Waals surface area contributed by atoms with Crippen LogP contribution in [0.3, 0.4) is 0 Å². The summed E-state index contributed by atoms with van der Waals surface area (Å²) in [6.45, 7) is 2.09. The van der Waals surface area contributed by atoms with E-state index in [2.05, 4.69) is 10.5 Å². The van der Waals surface area contributed by atoms with E-state index >= 15 is 0 Å². The van der Waals surface area contributed by atoms with Crippen molar-refractivity contribution in [3.63, 3.8) is 0 Å². The molecule has 4 N–H and O–H groups in total. The van der Waals surface area contributed by atoms with E-state index in [0.29, 0.717) is 12.3 Å². The van der Waals surface area contributed by atoms with Crippen molar-refractivity contribution in [2.75, 3.05) is 13.7 Å². The van der Waals surface area contributed by atoms with Gasteiger partial charge in [-0.15, -0.1) is 0 Å². The van der Waals surface area contributed by atoms with Crippen LogP contribution in [0.1, 0.15) is 12.5 Å². The van der Waals surface area contributed by atoms with Gasteiger partial charge >= 0.3 is 0 Å². The van der Waals surface area contributed by atoms with Crippen LogP contribution in [0.15, 0.2) is 29.4 Å². The van der Waals surface area contributed by atoms with Crippen molar-refractivity contribution >= 4 is 11.7 Å². The average Bonchev–Trinajstić information content (AvgIpc) is 2.44. The summed E-state index contributed by atoms with van der Waals surface area (Å²) < 4.78 is 5.18. The fraction of sp³-hybridized carbons (Fsp3) is 0.385. The number of amides is 1. The molecule has 1 rings (SSSR count). The van der Waals surface area contributed by atoms with E-state index in [1.807, 2.05) is 24.3 Å². The Morgan fingerprint density at radius 3 is 2.84 bits per heavy atom. The zero-order valence-electron chi connectivity index (χ0n) is 11.1. The lowest BCUT2D eigenvalue weighted by Gasteiger charge is -2.12. The number of methoxy groups -OCH3 is 1. The van der Waals surface area contributed by atoms with E-state index in [1.165, 1.54) is 0 Å². The number of hydrogen-bond acceptors (Lipinski definition) is 4. The third kappa shape index (κ3) is 4.50. The normalized spacial score (nSPS) is 12.8. The third-order valence-corrected chi connectivity index (χ3v) is 2.77. The number of rotatable bonds is 6. The van der Waals surface area contributed by atoms with Crippen molar-refractivity contribution < 1.29 is 14.7 Å². The Hall–Kier alpha value is -2.24. The van der Waals surface area contributed by atoms with Gasteiger partial charge < -0.3 is 21.0 Å². The smallest absolute Gasteiger partial charge is 0.224 e. The summed E-state index contributed by atoms with van der Waals surface area (Å²) in [5.74, 6) is 0.424. The number of nitrogens with one attached hydrogen (secondary N) is 1. The lowest BCUT2D eigenvalue weighted by atomic mass is 10.1. The van der Waals surface area contributed by atoms with E-state index in [0.717, 1.165) is 5.56 Å². The molecular formula is C13H19N3O3.